The Bertz CT molecular complexity index is 245. The molecule has 0 bridgehead atoms. The number of rotatable bonds is 3. The maximum Gasteiger partial charge on any atom is 0.0755 e. The molecule has 2 heteroatoms. The fourth-order valence-corrected chi connectivity index (χ4v) is 5.86. The Kier molecular flexibility index (Phi) is 2.50. The zero-order chi connectivity index (χ0) is 10.4. The van der Waals surface area contributed by atoms with Crippen molar-refractivity contribution in [3.8, 4) is 0 Å². The molecule has 0 aromatic carbocycles. The van der Waals surface area contributed by atoms with Crippen LogP contribution < -0.4 is 0 Å². The number of hydrogen-bond donors (Lipinski definition) is 1. The van der Waals surface area contributed by atoms with Gasteiger partial charge in [0.05, 0.1) is 14.2 Å². The average molecular weight is 198 g/mol. The van der Waals surface area contributed by atoms with Crippen LogP contribution in [-0.2, 0) is 0 Å². The largest absolute Gasteiger partial charge is 0.389 e. The standard InChI is InChI=1S/C11H22OSi/c1-7-8(12)9-10(11(9,2)3)13(4,5)6/h8,12H,7H2,1-6H3. The van der Waals surface area contributed by atoms with E-state index in [-0.39, 0.29) is 11.5 Å². The van der Waals surface area contributed by atoms with Gasteiger partial charge >= 0.3 is 0 Å². The molecule has 1 rings (SSSR count). The molecular formula is C11H22OSi. The van der Waals surface area contributed by atoms with Crippen molar-refractivity contribution >= 4 is 8.07 Å². The van der Waals surface area contributed by atoms with Gasteiger partial charge in [-0.05, 0) is 12.0 Å². The van der Waals surface area contributed by atoms with E-state index in [1.165, 1.54) is 5.57 Å². The number of allylic oxidation sites excluding steroid dienone is 1. The minimum atomic E-state index is -1.18. The summed E-state index contributed by atoms with van der Waals surface area (Å²) in [5.74, 6) is 0. The second kappa shape index (κ2) is 2.96. The van der Waals surface area contributed by atoms with Crippen molar-refractivity contribution in [2.24, 2.45) is 5.41 Å². The molecule has 76 valence electrons. The molecule has 1 aliphatic carbocycles. The van der Waals surface area contributed by atoms with E-state index in [4.69, 9.17) is 0 Å². The minimum Gasteiger partial charge on any atom is -0.389 e. The number of aliphatic hydroxyl groups excluding tert-OH is 1. The van der Waals surface area contributed by atoms with Gasteiger partial charge in [-0.15, -0.1) is 0 Å². The molecule has 0 amide bonds. The van der Waals surface area contributed by atoms with Crippen LogP contribution in [0.2, 0.25) is 19.6 Å². The summed E-state index contributed by atoms with van der Waals surface area (Å²) < 4.78 is 0. The molecule has 0 spiro atoms. The normalized spacial score (nSPS) is 23.3. The summed E-state index contributed by atoms with van der Waals surface area (Å²) in [5, 5.41) is 11.4. The van der Waals surface area contributed by atoms with E-state index in [1.807, 2.05) is 6.92 Å². The molecule has 0 saturated heterocycles. The van der Waals surface area contributed by atoms with Crippen molar-refractivity contribution in [2.45, 2.75) is 52.9 Å². The highest BCUT2D eigenvalue weighted by atomic mass is 28.3. The van der Waals surface area contributed by atoms with Gasteiger partial charge in [-0.3, -0.25) is 0 Å². The molecule has 0 heterocycles. The quantitative estimate of drug-likeness (QED) is 0.691. The van der Waals surface area contributed by atoms with Crippen molar-refractivity contribution in [1.82, 2.24) is 0 Å². The van der Waals surface area contributed by atoms with Gasteiger partial charge in [-0.2, -0.15) is 0 Å². The number of hydrogen-bond acceptors (Lipinski definition) is 1. The molecule has 1 N–H and O–H groups in total. The maximum absolute atomic E-state index is 9.83. The van der Waals surface area contributed by atoms with Crippen LogP contribution in [0.3, 0.4) is 0 Å². The highest BCUT2D eigenvalue weighted by molar-refractivity contribution is 6.84. The lowest BCUT2D eigenvalue weighted by Gasteiger charge is -2.16. The predicted molar refractivity (Wildman–Crippen MR) is 60.5 cm³/mol. The Morgan fingerprint density at radius 2 is 1.77 bits per heavy atom. The SMILES string of the molecule is CCC(O)C1=C([Si](C)(C)C)C1(C)C. The van der Waals surface area contributed by atoms with Crippen LogP contribution in [0.1, 0.15) is 27.2 Å². The monoisotopic (exact) mass is 198 g/mol. The van der Waals surface area contributed by atoms with Crippen LogP contribution >= 0.6 is 0 Å². The van der Waals surface area contributed by atoms with E-state index in [2.05, 4.69) is 33.5 Å². The first-order chi connectivity index (χ1) is 5.73. The van der Waals surface area contributed by atoms with Gasteiger partial charge in [0.2, 0.25) is 0 Å². The third kappa shape index (κ3) is 1.74. The summed E-state index contributed by atoms with van der Waals surface area (Å²) in [5.41, 5.74) is 1.58. The van der Waals surface area contributed by atoms with E-state index in [9.17, 15) is 5.11 Å². The molecule has 1 nitrogen and oxygen atoms in total. The van der Waals surface area contributed by atoms with Crippen molar-refractivity contribution in [3.05, 3.63) is 10.8 Å². The Labute approximate surface area is 82.9 Å². The second-order valence-corrected chi connectivity index (χ2v) is 10.6. The molecule has 0 aromatic heterocycles. The summed E-state index contributed by atoms with van der Waals surface area (Å²) in [7, 11) is -1.18. The molecule has 1 aliphatic rings. The predicted octanol–water partition coefficient (Wildman–Crippen LogP) is 2.97. The van der Waals surface area contributed by atoms with Crippen molar-refractivity contribution < 1.29 is 5.11 Å². The summed E-state index contributed by atoms with van der Waals surface area (Å²) in [4.78, 5) is 0. The smallest absolute Gasteiger partial charge is 0.0755 e. The van der Waals surface area contributed by atoms with Crippen LogP contribution in [0.25, 0.3) is 0 Å². The summed E-state index contributed by atoms with van der Waals surface area (Å²) in [6.07, 6.45) is 0.670. The fraction of sp³-hybridized carbons (Fsp3) is 0.818. The number of aliphatic hydroxyl groups is 1. The van der Waals surface area contributed by atoms with E-state index >= 15 is 0 Å². The first-order valence-corrected chi connectivity index (χ1v) is 8.66. The Balaban J connectivity index is 2.91. The Morgan fingerprint density at radius 1 is 1.31 bits per heavy atom. The van der Waals surface area contributed by atoms with Crippen LogP contribution in [0.4, 0.5) is 0 Å². The van der Waals surface area contributed by atoms with Crippen molar-refractivity contribution in [2.75, 3.05) is 0 Å². The van der Waals surface area contributed by atoms with Crippen molar-refractivity contribution in [3.63, 3.8) is 0 Å². The molecule has 0 aromatic rings. The van der Waals surface area contributed by atoms with Gasteiger partial charge in [0.25, 0.3) is 0 Å². The van der Waals surface area contributed by atoms with Gasteiger partial charge in [0, 0.05) is 5.41 Å². The third-order valence-electron chi connectivity index (χ3n) is 2.98. The lowest BCUT2D eigenvalue weighted by atomic mass is 10.0. The highest BCUT2D eigenvalue weighted by Gasteiger charge is 2.52. The first kappa shape index (κ1) is 11.0. The second-order valence-electron chi connectivity index (χ2n) is 5.59. The molecule has 0 radical (unpaired) electrons. The molecule has 1 unspecified atom stereocenters. The van der Waals surface area contributed by atoms with Crippen LogP contribution in [0.15, 0.2) is 10.8 Å². The highest BCUT2D eigenvalue weighted by Crippen LogP contribution is 2.57. The lowest BCUT2D eigenvalue weighted by molar-refractivity contribution is 0.202. The van der Waals surface area contributed by atoms with E-state index < -0.39 is 8.07 Å². The summed E-state index contributed by atoms with van der Waals surface area (Å²) in [6, 6.07) is 0. The zero-order valence-electron chi connectivity index (χ0n) is 9.73. The maximum atomic E-state index is 9.83. The van der Waals surface area contributed by atoms with Gasteiger partial charge in [0.1, 0.15) is 0 Å². The molecule has 1 atom stereocenters. The van der Waals surface area contributed by atoms with E-state index in [0.29, 0.717) is 0 Å². The Morgan fingerprint density at radius 3 is 2.00 bits per heavy atom. The molecule has 0 aliphatic heterocycles. The topological polar surface area (TPSA) is 20.2 Å². The van der Waals surface area contributed by atoms with Gasteiger partial charge in [-0.1, -0.05) is 45.6 Å². The van der Waals surface area contributed by atoms with E-state index in [0.717, 1.165) is 6.42 Å². The lowest BCUT2D eigenvalue weighted by Crippen LogP contribution is -2.22. The van der Waals surface area contributed by atoms with Crippen LogP contribution in [0.5, 0.6) is 0 Å². The molecule has 13 heavy (non-hydrogen) atoms. The van der Waals surface area contributed by atoms with E-state index in [1.54, 1.807) is 5.20 Å². The summed E-state index contributed by atoms with van der Waals surface area (Å²) in [6.45, 7) is 13.6. The average Bonchev–Trinajstić information content (AvgIpc) is 2.51. The zero-order valence-corrected chi connectivity index (χ0v) is 10.7. The molecule has 0 fully saturated rings. The van der Waals surface area contributed by atoms with Crippen LogP contribution in [-0.4, -0.2) is 19.3 Å². The Hall–Kier alpha value is -0.0831. The van der Waals surface area contributed by atoms with Crippen LogP contribution in [0, 0.1) is 5.41 Å². The first-order valence-electron chi connectivity index (χ1n) is 5.16. The molecule has 0 saturated carbocycles. The third-order valence-corrected chi connectivity index (χ3v) is 5.37. The van der Waals surface area contributed by atoms with Gasteiger partial charge < -0.3 is 5.11 Å². The van der Waals surface area contributed by atoms with Crippen molar-refractivity contribution in [1.29, 1.82) is 0 Å². The van der Waals surface area contributed by atoms with Gasteiger partial charge in [-0.25, -0.2) is 0 Å². The molecular weight excluding hydrogens is 176 g/mol. The van der Waals surface area contributed by atoms with Gasteiger partial charge in [0.15, 0.2) is 0 Å². The summed E-state index contributed by atoms with van der Waals surface area (Å²) >= 11 is 0. The minimum absolute atomic E-state index is 0.184. The fourth-order valence-electron chi connectivity index (χ4n) is 2.63.